The standard InChI is InChI=1S/C20H31NO3/c1-20(2,3)17-8-6-15(7-9-17)18(23)5-4-11-21-12-10-19(24)16(13-21)14-22/h6-9,16,19,22,24H,4-5,10-14H2,1-3H3/t16-,19-/m1/s1. The monoisotopic (exact) mass is 333 g/mol. The first-order valence-electron chi connectivity index (χ1n) is 8.96. The Morgan fingerprint density at radius 1 is 1.25 bits per heavy atom. The van der Waals surface area contributed by atoms with E-state index in [2.05, 4.69) is 25.7 Å². The van der Waals surface area contributed by atoms with Crippen molar-refractivity contribution in [3.8, 4) is 0 Å². The maximum Gasteiger partial charge on any atom is 0.162 e. The molecule has 2 rings (SSSR count). The third-order valence-electron chi connectivity index (χ3n) is 4.96. The maximum absolute atomic E-state index is 12.3. The van der Waals surface area contributed by atoms with E-state index in [9.17, 15) is 15.0 Å². The number of ketones is 1. The molecule has 0 unspecified atom stereocenters. The predicted octanol–water partition coefficient (Wildman–Crippen LogP) is 2.62. The van der Waals surface area contributed by atoms with E-state index in [1.807, 2.05) is 24.3 Å². The van der Waals surface area contributed by atoms with Crippen LogP contribution in [0.1, 0.15) is 56.0 Å². The van der Waals surface area contributed by atoms with Gasteiger partial charge in [-0.25, -0.2) is 0 Å². The van der Waals surface area contributed by atoms with Crippen LogP contribution in [0, 0.1) is 5.92 Å². The lowest BCUT2D eigenvalue weighted by Crippen LogP contribution is -2.44. The molecule has 1 aliphatic rings. The SMILES string of the molecule is CC(C)(C)c1ccc(C(=O)CCCN2CC[C@@H](O)[C@@H](CO)C2)cc1. The van der Waals surface area contributed by atoms with Crippen LogP contribution in [0.25, 0.3) is 0 Å². The molecular formula is C20H31NO3. The average molecular weight is 333 g/mol. The summed E-state index contributed by atoms with van der Waals surface area (Å²) in [7, 11) is 0. The molecular weight excluding hydrogens is 302 g/mol. The van der Waals surface area contributed by atoms with Crippen molar-refractivity contribution in [2.24, 2.45) is 5.92 Å². The van der Waals surface area contributed by atoms with E-state index in [0.29, 0.717) is 19.4 Å². The summed E-state index contributed by atoms with van der Waals surface area (Å²) in [6.07, 6.45) is 1.66. The van der Waals surface area contributed by atoms with Crippen molar-refractivity contribution in [2.75, 3.05) is 26.2 Å². The van der Waals surface area contributed by atoms with Gasteiger partial charge in [0.1, 0.15) is 0 Å². The highest BCUT2D eigenvalue weighted by Gasteiger charge is 2.26. The van der Waals surface area contributed by atoms with Gasteiger partial charge < -0.3 is 15.1 Å². The van der Waals surface area contributed by atoms with Crippen molar-refractivity contribution < 1.29 is 15.0 Å². The highest BCUT2D eigenvalue weighted by atomic mass is 16.3. The van der Waals surface area contributed by atoms with E-state index >= 15 is 0 Å². The number of aliphatic hydroxyl groups excluding tert-OH is 2. The summed E-state index contributed by atoms with van der Waals surface area (Å²) in [5, 5.41) is 19.1. The number of rotatable bonds is 6. The maximum atomic E-state index is 12.3. The van der Waals surface area contributed by atoms with Crippen LogP contribution >= 0.6 is 0 Å². The Morgan fingerprint density at radius 3 is 2.50 bits per heavy atom. The van der Waals surface area contributed by atoms with Crippen LogP contribution in [0.15, 0.2) is 24.3 Å². The van der Waals surface area contributed by atoms with Crippen LogP contribution in [-0.2, 0) is 5.41 Å². The molecule has 4 nitrogen and oxygen atoms in total. The van der Waals surface area contributed by atoms with Crippen LogP contribution < -0.4 is 0 Å². The van der Waals surface area contributed by atoms with Crippen molar-refractivity contribution in [1.82, 2.24) is 4.90 Å². The second-order valence-corrected chi connectivity index (χ2v) is 7.95. The smallest absolute Gasteiger partial charge is 0.162 e. The van der Waals surface area contributed by atoms with Gasteiger partial charge in [0.05, 0.1) is 6.10 Å². The molecule has 0 aromatic heterocycles. The number of hydrogen-bond acceptors (Lipinski definition) is 4. The molecule has 1 saturated heterocycles. The average Bonchev–Trinajstić information content (AvgIpc) is 2.55. The summed E-state index contributed by atoms with van der Waals surface area (Å²) in [6.45, 7) is 8.92. The molecule has 1 aromatic rings. The molecule has 1 heterocycles. The van der Waals surface area contributed by atoms with Gasteiger partial charge in [-0.1, -0.05) is 45.0 Å². The third-order valence-corrected chi connectivity index (χ3v) is 4.96. The summed E-state index contributed by atoms with van der Waals surface area (Å²) < 4.78 is 0. The van der Waals surface area contributed by atoms with E-state index in [1.54, 1.807) is 0 Å². The third kappa shape index (κ3) is 5.13. The zero-order chi connectivity index (χ0) is 17.7. The number of piperidine rings is 1. The van der Waals surface area contributed by atoms with Crippen molar-refractivity contribution in [1.29, 1.82) is 0 Å². The van der Waals surface area contributed by atoms with Crippen LogP contribution in [0.3, 0.4) is 0 Å². The first-order valence-corrected chi connectivity index (χ1v) is 8.96. The minimum Gasteiger partial charge on any atom is -0.396 e. The molecule has 0 radical (unpaired) electrons. The summed E-state index contributed by atoms with van der Waals surface area (Å²) in [4.78, 5) is 14.6. The molecule has 0 aliphatic carbocycles. The fourth-order valence-electron chi connectivity index (χ4n) is 3.24. The number of hydrogen-bond donors (Lipinski definition) is 2. The van der Waals surface area contributed by atoms with Gasteiger partial charge in [0.15, 0.2) is 5.78 Å². The number of carbonyl (C=O) groups is 1. The minimum atomic E-state index is -0.394. The summed E-state index contributed by atoms with van der Waals surface area (Å²) in [5.74, 6) is 0.130. The second kappa shape index (κ2) is 8.24. The molecule has 24 heavy (non-hydrogen) atoms. The Morgan fingerprint density at radius 2 is 1.92 bits per heavy atom. The number of benzene rings is 1. The molecule has 0 bridgehead atoms. The highest BCUT2D eigenvalue weighted by Crippen LogP contribution is 2.23. The molecule has 1 fully saturated rings. The second-order valence-electron chi connectivity index (χ2n) is 7.95. The van der Waals surface area contributed by atoms with Gasteiger partial charge in [-0.15, -0.1) is 0 Å². The number of carbonyl (C=O) groups excluding carboxylic acids is 1. The van der Waals surface area contributed by atoms with Crippen molar-refractivity contribution in [2.45, 2.75) is 51.6 Å². The first-order chi connectivity index (χ1) is 11.3. The summed E-state index contributed by atoms with van der Waals surface area (Å²) >= 11 is 0. The van der Waals surface area contributed by atoms with Gasteiger partial charge in [0, 0.05) is 37.6 Å². The number of aliphatic hydroxyl groups is 2. The summed E-state index contributed by atoms with van der Waals surface area (Å²) in [6, 6.07) is 7.96. The largest absolute Gasteiger partial charge is 0.396 e. The lowest BCUT2D eigenvalue weighted by molar-refractivity contribution is 0.000209. The Balaban J connectivity index is 1.79. The van der Waals surface area contributed by atoms with Gasteiger partial charge in [0.25, 0.3) is 0 Å². The quantitative estimate of drug-likeness (QED) is 0.786. The van der Waals surface area contributed by atoms with E-state index in [1.165, 1.54) is 5.56 Å². The van der Waals surface area contributed by atoms with E-state index in [4.69, 9.17) is 0 Å². The molecule has 0 amide bonds. The molecule has 2 N–H and O–H groups in total. The van der Waals surface area contributed by atoms with E-state index in [0.717, 1.165) is 25.1 Å². The first kappa shape index (κ1) is 19.1. The fraction of sp³-hybridized carbons (Fsp3) is 0.650. The molecule has 134 valence electrons. The van der Waals surface area contributed by atoms with Crippen molar-refractivity contribution in [3.63, 3.8) is 0 Å². The normalized spacial score (nSPS) is 22.5. The number of likely N-dealkylation sites (tertiary alicyclic amines) is 1. The highest BCUT2D eigenvalue weighted by molar-refractivity contribution is 5.96. The molecule has 1 aliphatic heterocycles. The van der Waals surface area contributed by atoms with Crippen LogP contribution in [-0.4, -0.2) is 53.2 Å². The lowest BCUT2D eigenvalue weighted by Gasteiger charge is -2.35. The zero-order valence-electron chi connectivity index (χ0n) is 15.2. The Labute approximate surface area is 145 Å². The molecule has 0 spiro atoms. The Bertz CT molecular complexity index is 533. The zero-order valence-corrected chi connectivity index (χ0v) is 15.2. The number of Topliss-reactive ketones (excluding diaryl/α,β-unsaturated/α-hetero) is 1. The topological polar surface area (TPSA) is 60.8 Å². The van der Waals surface area contributed by atoms with E-state index < -0.39 is 6.10 Å². The van der Waals surface area contributed by atoms with Gasteiger partial charge in [-0.3, -0.25) is 4.79 Å². The van der Waals surface area contributed by atoms with Crippen LogP contribution in [0.4, 0.5) is 0 Å². The van der Waals surface area contributed by atoms with Gasteiger partial charge in [-0.05, 0) is 30.4 Å². The van der Waals surface area contributed by atoms with E-state index in [-0.39, 0.29) is 23.7 Å². The molecule has 4 heteroatoms. The van der Waals surface area contributed by atoms with Crippen LogP contribution in [0.2, 0.25) is 0 Å². The number of nitrogens with zero attached hydrogens (tertiary/aromatic N) is 1. The van der Waals surface area contributed by atoms with Gasteiger partial charge in [0.2, 0.25) is 0 Å². The molecule has 1 aromatic carbocycles. The Kier molecular flexibility index (Phi) is 6.55. The molecule has 0 saturated carbocycles. The lowest BCUT2D eigenvalue weighted by atomic mass is 9.86. The van der Waals surface area contributed by atoms with Crippen molar-refractivity contribution in [3.05, 3.63) is 35.4 Å². The summed E-state index contributed by atoms with van der Waals surface area (Å²) in [5.41, 5.74) is 2.12. The molecule has 2 atom stereocenters. The van der Waals surface area contributed by atoms with Gasteiger partial charge >= 0.3 is 0 Å². The Hall–Kier alpha value is -1.23. The predicted molar refractivity (Wildman–Crippen MR) is 96.3 cm³/mol. The fourth-order valence-corrected chi connectivity index (χ4v) is 3.24. The van der Waals surface area contributed by atoms with Gasteiger partial charge in [-0.2, -0.15) is 0 Å². The van der Waals surface area contributed by atoms with Crippen LogP contribution in [0.5, 0.6) is 0 Å². The minimum absolute atomic E-state index is 0.0245. The van der Waals surface area contributed by atoms with Crippen molar-refractivity contribution >= 4 is 5.78 Å².